The second kappa shape index (κ2) is 17.7. The molecule has 0 spiro atoms. The molecule has 2 N–H and O–H groups in total. The molecule has 2 aromatic heterocycles. The fraction of sp³-hybridized carbons (Fsp3) is 0.0435. The van der Waals surface area contributed by atoms with Gasteiger partial charge in [-0.25, -0.2) is 28.4 Å². The average Bonchev–Trinajstić information content (AvgIpc) is 3.25. The smallest absolute Gasteiger partial charge is 0.175 e. The molecule has 0 aliphatic rings. The van der Waals surface area contributed by atoms with Crippen LogP contribution in [0.2, 0.25) is 0 Å². The zero-order valence-electron chi connectivity index (χ0n) is 30.7. The molecule has 56 heavy (non-hydrogen) atoms. The first-order valence-corrected chi connectivity index (χ1v) is 20.9. The van der Waals surface area contributed by atoms with Gasteiger partial charge in [-0.05, 0) is 54.8 Å². The summed E-state index contributed by atoms with van der Waals surface area (Å²) in [5.41, 5.74) is 7.42. The fourth-order valence-electron chi connectivity index (χ4n) is 5.72. The molecule has 6 aromatic carbocycles. The molecule has 0 unspecified atom stereocenters. The van der Waals surface area contributed by atoms with E-state index in [1.54, 1.807) is 36.0 Å². The number of rotatable bonds is 10. The number of thioether (sulfide) groups is 1. The molecule has 10 heteroatoms. The molecule has 2 heterocycles. The number of nitrogens with zero attached hydrogens (tertiary/aromatic N) is 4. The van der Waals surface area contributed by atoms with Gasteiger partial charge in [-0.2, -0.15) is 0 Å². The summed E-state index contributed by atoms with van der Waals surface area (Å²) in [6, 6.07) is 58.7. The number of aromatic nitrogens is 4. The van der Waals surface area contributed by atoms with Crippen LogP contribution in [0.5, 0.6) is 0 Å². The Labute approximate surface area is 331 Å². The molecule has 0 saturated heterocycles. The van der Waals surface area contributed by atoms with Gasteiger partial charge >= 0.3 is 0 Å². The molecular formula is C46H38N6O2S2. The van der Waals surface area contributed by atoms with Gasteiger partial charge in [0.05, 0.1) is 16.3 Å². The van der Waals surface area contributed by atoms with Crippen molar-refractivity contribution in [3.8, 4) is 45.3 Å². The Morgan fingerprint density at radius 3 is 1.16 bits per heavy atom. The Morgan fingerprint density at radius 1 is 0.446 bits per heavy atom. The van der Waals surface area contributed by atoms with Crippen LogP contribution in [0.4, 0.5) is 23.0 Å². The minimum absolute atomic E-state index is 0.278. The standard InChI is InChI=1S/C23H19N3O2S.C23H19N3S/c1-29(27,28)20-14-12-19(13-15-20)24-22-16-21(17-8-4-2-5-9-17)25-23(26-22)18-10-6-3-7-11-18;1-27-20-14-12-19(13-15-20)24-22-16-21(17-8-4-2-5-9-17)25-23(26-22)18-10-6-3-7-11-18/h2-16H,1H3,(H,24,25,26);2-16H,1H3,(H,24,25,26). The fourth-order valence-corrected chi connectivity index (χ4v) is 6.76. The van der Waals surface area contributed by atoms with Gasteiger partial charge in [0.1, 0.15) is 11.6 Å². The number of benzene rings is 6. The predicted octanol–water partition coefficient (Wildman–Crippen LogP) is 11.2. The summed E-state index contributed by atoms with van der Waals surface area (Å²) in [5, 5.41) is 6.67. The minimum Gasteiger partial charge on any atom is -0.340 e. The SMILES string of the molecule is CS(=O)(=O)c1ccc(Nc2cc(-c3ccccc3)nc(-c3ccccc3)n2)cc1.CSc1ccc(Nc2cc(-c3ccccc3)nc(-c3ccccc3)n2)cc1. The number of hydrogen-bond acceptors (Lipinski definition) is 9. The molecule has 0 radical (unpaired) electrons. The Bertz CT molecular complexity index is 2500. The van der Waals surface area contributed by atoms with E-state index < -0.39 is 9.84 Å². The second-order valence-electron chi connectivity index (χ2n) is 12.7. The van der Waals surface area contributed by atoms with Gasteiger partial charge in [-0.15, -0.1) is 11.8 Å². The van der Waals surface area contributed by atoms with E-state index in [4.69, 9.17) is 15.0 Å². The highest BCUT2D eigenvalue weighted by Gasteiger charge is 2.12. The van der Waals surface area contributed by atoms with Crippen molar-refractivity contribution < 1.29 is 8.42 Å². The Morgan fingerprint density at radius 2 is 0.804 bits per heavy atom. The van der Waals surface area contributed by atoms with Crippen molar-refractivity contribution in [2.45, 2.75) is 9.79 Å². The van der Waals surface area contributed by atoms with Gasteiger partial charge in [-0.3, -0.25) is 0 Å². The number of sulfone groups is 1. The summed E-state index contributed by atoms with van der Waals surface area (Å²) in [4.78, 5) is 20.4. The van der Waals surface area contributed by atoms with Gasteiger partial charge in [0.2, 0.25) is 0 Å². The van der Waals surface area contributed by atoms with Crippen LogP contribution in [0.25, 0.3) is 45.3 Å². The third-order valence-corrected chi connectivity index (χ3v) is 10.4. The molecule has 8 nitrogen and oxygen atoms in total. The Hall–Kier alpha value is -6.62. The Kier molecular flexibility index (Phi) is 11.9. The maximum Gasteiger partial charge on any atom is 0.175 e. The van der Waals surface area contributed by atoms with E-state index in [0.29, 0.717) is 17.5 Å². The topological polar surface area (TPSA) is 110 Å². The third kappa shape index (κ3) is 9.92. The van der Waals surface area contributed by atoms with Crippen LogP contribution in [0.3, 0.4) is 0 Å². The predicted molar refractivity (Wildman–Crippen MR) is 230 cm³/mol. The summed E-state index contributed by atoms with van der Waals surface area (Å²) in [6.07, 6.45) is 3.27. The molecule has 0 bridgehead atoms. The van der Waals surface area contributed by atoms with Crippen molar-refractivity contribution in [1.82, 2.24) is 19.9 Å². The highest BCUT2D eigenvalue weighted by atomic mass is 32.2. The molecule has 0 saturated carbocycles. The lowest BCUT2D eigenvalue weighted by Gasteiger charge is -2.11. The van der Waals surface area contributed by atoms with E-state index in [0.717, 1.165) is 50.8 Å². The number of hydrogen-bond donors (Lipinski definition) is 2. The molecular weight excluding hydrogens is 733 g/mol. The monoisotopic (exact) mass is 770 g/mol. The van der Waals surface area contributed by atoms with Crippen LogP contribution < -0.4 is 10.6 Å². The molecule has 276 valence electrons. The zero-order valence-corrected chi connectivity index (χ0v) is 32.4. The normalized spacial score (nSPS) is 10.9. The first-order chi connectivity index (χ1) is 27.3. The van der Waals surface area contributed by atoms with Gasteiger partial charge in [0.25, 0.3) is 0 Å². The van der Waals surface area contributed by atoms with Crippen LogP contribution in [-0.2, 0) is 9.84 Å². The first-order valence-electron chi connectivity index (χ1n) is 17.8. The maximum absolute atomic E-state index is 11.7. The van der Waals surface area contributed by atoms with Crippen LogP contribution in [-0.4, -0.2) is 40.9 Å². The van der Waals surface area contributed by atoms with E-state index >= 15 is 0 Å². The summed E-state index contributed by atoms with van der Waals surface area (Å²) in [6.45, 7) is 0. The van der Waals surface area contributed by atoms with Gasteiger partial charge in [0.15, 0.2) is 21.5 Å². The minimum atomic E-state index is -3.23. The summed E-state index contributed by atoms with van der Waals surface area (Å²) in [5.74, 6) is 2.73. The second-order valence-corrected chi connectivity index (χ2v) is 15.6. The maximum atomic E-state index is 11.7. The highest BCUT2D eigenvalue weighted by molar-refractivity contribution is 7.98. The van der Waals surface area contributed by atoms with Gasteiger partial charge < -0.3 is 10.6 Å². The van der Waals surface area contributed by atoms with Gasteiger partial charge in [-0.1, -0.05) is 121 Å². The molecule has 8 rings (SSSR count). The molecule has 0 fully saturated rings. The lowest BCUT2D eigenvalue weighted by Crippen LogP contribution is -2.00. The zero-order chi connectivity index (χ0) is 38.7. The lowest BCUT2D eigenvalue weighted by molar-refractivity contribution is 0.602. The van der Waals surface area contributed by atoms with E-state index in [-0.39, 0.29) is 4.90 Å². The molecule has 0 aliphatic heterocycles. The molecule has 0 amide bonds. The molecule has 0 aliphatic carbocycles. The highest BCUT2D eigenvalue weighted by Crippen LogP contribution is 2.28. The summed E-state index contributed by atoms with van der Waals surface area (Å²) >= 11 is 1.73. The van der Waals surface area contributed by atoms with E-state index in [9.17, 15) is 8.42 Å². The van der Waals surface area contributed by atoms with Crippen molar-refractivity contribution in [2.75, 3.05) is 23.1 Å². The Balaban J connectivity index is 0.000000172. The third-order valence-electron chi connectivity index (χ3n) is 8.57. The van der Waals surface area contributed by atoms with Crippen LogP contribution in [0.1, 0.15) is 0 Å². The number of nitrogens with one attached hydrogen (secondary N) is 2. The van der Waals surface area contributed by atoms with Crippen molar-refractivity contribution >= 4 is 44.6 Å². The van der Waals surface area contributed by atoms with Crippen molar-refractivity contribution in [3.05, 3.63) is 182 Å². The molecule has 0 atom stereocenters. The quantitative estimate of drug-likeness (QED) is 0.131. The summed E-state index contributed by atoms with van der Waals surface area (Å²) in [7, 11) is -3.23. The summed E-state index contributed by atoms with van der Waals surface area (Å²) < 4.78 is 23.3. The lowest BCUT2D eigenvalue weighted by atomic mass is 10.1. The van der Waals surface area contributed by atoms with Crippen LogP contribution in [0, 0.1) is 0 Å². The van der Waals surface area contributed by atoms with Crippen LogP contribution >= 0.6 is 11.8 Å². The largest absolute Gasteiger partial charge is 0.340 e. The van der Waals surface area contributed by atoms with Crippen LogP contribution in [0.15, 0.2) is 192 Å². The number of anilines is 4. The van der Waals surface area contributed by atoms with Crippen molar-refractivity contribution in [1.29, 1.82) is 0 Å². The van der Waals surface area contributed by atoms with E-state index in [2.05, 4.69) is 58.3 Å². The first kappa shape index (κ1) is 37.7. The van der Waals surface area contributed by atoms with Gasteiger partial charge in [0, 0.05) is 56.9 Å². The van der Waals surface area contributed by atoms with Crippen molar-refractivity contribution in [2.24, 2.45) is 0 Å². The molecule has 8 aromatic rings. The van der Waals surface area contributed by atoms with Crippen molar-refractivity contribution in [3.63, 3.8) is 0 Å². The van der Waals surface area contributed by atoms with E-state index in [1.165, 1.54) is 11.2 Å². The van der Waals surface area contributed by atoms with E-state index in [1.807, 2.05) is 121 Å². The average molecular weight is 771 g/mol.